The molecule has 1 amide bonds. The van der Waals surface area contributed by atoms with Gasteiger partial charge in [-0.15, -0.1) is 0 Å². The summed E-state index contributed by atoms with van der Waals surface area (Å²) < 4.78 is 5.91. The molecule has 4 rings (SSSR count). The molecule has 1 unspecified atom stereocenters. The maximum Gasteiger partial charge on any atom is 0.264 e. The normalized spacial score (nSPS) is 18.0. The highest BCUT2D eigenvalue weighted by molar-refractivity contribution is 6.09. The molecule has 30 heavy (non-hydrogen) atoms. The lowest BCUT2D eigenvalue weighted by Crippen LogP contribution is -2.43. The first-order chi connectivity index (χ1) is 14.3. The number of fused-ring (bicyclic) bond motifs is 2. The first-order valence-corrected chi connectivity index (χ1v) is 10.1. The summed E-state index contributed by atoms with van der Waals surface area (Å²) in [7, 11) is 0. The number of anilines is 1. The third-order valence-electron chi connectivity index (χ3n) is 5.57. The number of carbonyl (C=O) groups excluding carboxylic acids is 2. The fourth-order valence-corrected chi connectivity index (χ4v) is 4.33. The Morgan fingerprint density at radius 3 is 2.53 bits per heavy atom. The van der Waals surface area contributed by atoms with Crippen molar-refractivity contribution >= 4 is 28.2 Å². The Morgan fingerprint density at radius 1 is 1.07 bits per heavy atom. The number of Topliss-reactive ketones (excluding diaryl/α,β-unsaturated/α-hetero) is 1. The summed E-state index contributed by atoms with van der Waals surface area (Å²) in [6.45, 7) is 5.77. The van der Waals surface area contributed by atoms with E-state index in [-0.39, 0.29) is 25.4 Å². The maximum atomic E-state index is 13.2. The molecule has 0 aromatic heterocycles. The SMILES string of the molecule is CC(=O)CC1(O)C(=O)N(CCOc2ccc3ccccc3c2)c2c(C)cc(C)cc21. The standard InChI is InChI=1S/C25H25NO4/c1-16-12-17(2)23-22(13-16)25(29,15-18(3)27)24(28)26(23)10-11-30-21-9-8-19-6-4-5-7-20(19)14-21/h4-9,12-14,29H,10-11,15H2,1-3H3. The van der Waals surface area contributed by atoms with Crippen molar-refractivity contribution in [3.8, 4) is 5.75 Å². The topological polar surface area (TPSA) is 66.8 Å². The summed E-state index contributed by atoms with van der Waals surface area (Å²) in [5.41, 5.74) is 1.20. The molecule has 1 aliphatic heterocycles. The minimum Gasteiger partial charge on any atom is -0.492 e. The van der Waals surface area contributed by atoms with E-state index in [9.17, 15) is 14.7 Å². The van der Waals surface area contributed by atoms with Gasteiger partial charge in [-0.05, 0) is 49.2 Å². The van der Waals surface area contributed by atoms with Crippen LogP contribution in [0.5, 0.6) is 5.75 Å². The van der Waals surface area contributed by atoms with Gasteiger partial charge in [0.1, 0.15) is 18.1 Å². The van der Waals surface area contributed by atoms with Crippen LogP contribution in [0.15, 0.2) is 54.6 Å². The lowest BCUT2D eigenvalue weighted by Gasteiger charge is -2.22. The van der Waals surface area contributed by atoms with Crippen molar-refractivity contribution in [3.63, 3.8) is 0 Å². The second-order valence-electron chi connectivity index (χ2n) is 8.03. The van der Waals surface area contributed by atoms with Crippen LogP contribution in [-0.4, -0.2) is 29.9 Å². The predicted molar refractivity (Wildman–Crippen MR) is 117 cm³/mol. The van der Waals surface area contributed by atoms with Crippen molar-refractivity contribution in [1.29, 1.82) is 0 Å². The Bertz CT molecular complexity index is 1150. The quantitative estimate of drug-likeness (QED) is 0.674. The third-order valence-corrected chi connectivity index (χ3v) is 5.57. The average molecular weight is 403 g/mol. The zero-order chi connectivity index (χ0) is 21.5. The molecule has 1 N–H and O–H groups in total. The number of carbonyl (C=O) groups is 2. The van der Waals surface area contributed by atoms with E-state index in [2.05, 4.69) is 0 Å². The summed E-state index contributed by atoms with van der Waals surface area (Å²) >= 11 is 0. The second-order valence-corrected chi connectivity index (χ2v) is 8.03. The Kier molecular flexibility index (Phi) is 5.08. The number of hydrogen-bond acceptors (Lipinski definition) is 4. The van der Waals surface area contributed by atoms with Gasteiger partial charge in [-0.1, -0.05) is 48.0 Å². The molecule has 0 bridgehead atoms. The number of ether oxygens (including phenoxy) is 1. The van der Waals surface area contributed by atoms with E-state index in [1.165, 1.54) is 6.92 Å². The molecule has 0 saturated heterocycles. The van der Waals surface area contributed by atoms with Crippen molar-refractivity contribution in [2.24, 2.45) is 0 Å². The van der Waals surface area contributed by atoms with Crippen LogP contribution in [0.1, 0.15) is 30.0 Å². The van der Waals surface area contributed by atoms with Gasteiger partial charge in [0.2, 0.25) is 0 Å². The third kappa shape index (κ3) is 3.46. The number of ketones is 1. The maximum absolute atomic E-state index is 13.2. The summed E-state index contributed by atoms with van der Waals surface area (Å²) in [5.74, 6) is 0.0222. The molecule has 5 nitrogen and oxygen atoms in total. The zero-order valence-electron chi connectivity index (χ0n) is 17.4. The molecule has 3 aromatic carbocycles. The summed E-state index contributed by atoms with van der Waals surface area (Å²) in [6, 6.07) is 17.7. The highest BCUT2D eigenvalue weighted by Crippen LogP contribution is 2.44. The first-order valence-electron chi connectivity index (χ1n) is 10.1. The average Bonchev–Trinajstić information content (AvgIpc) is 2.89. The molecule has 1 aliphatic rings. The molecule has 0 spiro atoms. The number of nitrogens with zero attached hydrogens (tertiary/aromatic N) is 1. The molecule has 1 heterocycles. The van der Waals surface area contributed by atoms with E-state index >= 15 is 0 Å². The Labute approximate surface area is 175 Å². The highest BCUT2D eigenvalue weighted by atomic mass is 16.5. The molecule has 0 fully saturated rings. The molecule has 0 saturated carbocycles. The van der Waals surface area contributed by atoms with Gasteiger partial charge in [-0.3, -0.25) is 9.59 Å². The molecule has 1 atom stereocenters. The van der Waals surface area contributed by atoms with Crippen LogP contribution in [-0.2, 0) is 15.2 Å². The minimum atomic E-state index is -1.82. The van der Waals surface area contributed by atoms with Gasteiger partial charge in [0.25, 0.3) is 5.91 Å². The molecular weight excluding hydrogens is 378 g/mol. The largest absolute Gasteiger partial charge is 0.492 e. The lowest BCUT2D eigenvalue weighted by molar-refractivity contribution is -0.141. The second kappa shape index (κ2) is 7.58. The first kappa shape index (κ1) is 20.1. The monoisotopic (exact) mass is 403 g/mol. The van der Waals surface area contributed by atoms with Crippen LogP contribution in [0.2, 0.25) is 0 Å². The van der Waals surface area contributed by atoms with Gasteiger partial charge < -0.3 is 14.7 Å². The number of hydrogen-bond donors (Lipinski definition) is 1. The summed E-state index contributed by atoms with van der Waals surface area (Å²) in [4.78, 5) is 26.5. The lowest BCUT2D eigenvalue weighted by atomic mass is 9.88. The Hall–Kier alpha value is -3.18. The minimum absolute atomic E-state index is 0.231. The summed E-state index contributed by atoms with van der Waals surface area (Å²) in [6.07, 6.45) is -0.232. The van der Waals surface area contributed by atoms with E-state index in [1.807, 2.05) is 62.4 Å². The smallest absolute Gasteiger partial charge is 0.264 e. The van der Waals surface area contributed by atoms with E-state index < -0.39 is 11.5 Å². The van der Waals surface area contributed by atoms with E-state index in [0.29, 0.717) is 11.3 Å². The fourth-order valence-electron chi connectivity index (χ4n) is 4.33. The van der Waals surface area contributed by atoms with Crippen LogP contribution >= 0.6 is 0 Å². The number of aliphatic hydroxyl groups is 1. The van der Waals surface area contributed by atoms with Gasteiger partial charge in [0.05, 0.1) is 12.2 Å². The zero-order valence-corrected chi connectivity index (χ0v) is 17.4. The Balaban J connectivity index is 1.58. The van der Waals surface area contributed by atoms with Crippen LogP contribution in [0.3, 0.4) is 0 Å². The van der Waals surface area contributed by atoms with E-state index in [4.69, 9.17) is 4.74 Å². The van der Waals surface area contributed by atoms with Gasteiger partial charge in [0, 0.05) is 12.0 Å². The van der Waals surface area contributed by atoms with Crippen molar-refractivity contribution in [1.82, 2.24) is 0 Å². The van der Waals surface area contributed by atoms with Crippen molar-refractivity contribution in [2.45, 2.75) is 32.8 Å². The highest BCUT2D eigenvalue weighted by Gasteiger charge is 2.50. The molecule has 5 heteroatoms. The molecular formula is C25H25NO4. The number of amides is 1. The fraction of sp³-hybridized carbons (Fsp3) is 0.280. The van der Waals surface area contributed by atoms with Crippen LogP contribution in [0.25, 0.3) is 10.8 Å². The number of rotatable bonds is 6. The van der Waals surface area contributed by atoms with Crippen molar-refractivity contribution in [2.75, 3.05) is 18.1 Å². The molecule has 0 radical (unpaired) electrons. The van der Waals surface area contributed by atoms with Crippen LogP contribution < -0.4 is 9.64 Å². The van der Waals surface area contributed by atoms with Gasteiger partial charge in [0.15, 0.2) is 5.60 Å². The summed E-state index contributed by atoms with van der Waals surface area (Å²) in [5, 5.41) is 13.4. The van der Waals surface area contributed by atoms with Gasteiger partial charge in [-0.25, -0.2) is 0 Å². The molecule has 3 aromatic rings. The van der Waals surface area contributed by atoms with Gasteiger partial charge in [-0.2, -0.15) is 0 Å². The Morgan fingerprint density at radius 2 is 1.80 bits per heavy atom. The van der Waals surface area contributed by atoms with Crippen LogP contribution in [0.4, 0.5) is 5.69 Å². The van der Waals surface area contributed by atoms with Crippen molar-refractivity contribution in [3.05, 3.63) is 71.3 Å². The number of aryl methyl sites for hydroxylation is 2. The predicted octanol–water partition coefficient (Wildman–Crippen LogP) is 4.05. The van der Waals surface area contributed by atoms with Gasteiger partial charge >= 0.3 is 0 Å². The number of benzene rings is 3. The van der Waals surface area contributed by atoms with E-state index in [0.717, 1.165) is 27.6 Å². The molecule has 0 aliphatic carbocycles. The molecule has 154 valence electrons. The van der Waals surface area contributed by atoms with Crippen LogP contribution in [0, 0.1) is 13.8 Å². The van der Waals surface area contributed by atoms with E-state index in [1.54, 1.807) is 11.0 Å². The van der Waals surface area contributed by atoms with Crippen molar-refractivity contribution < 1.29 is 19.4 Å².